The van der Waals surface area contributed by atoms with E-state index in [-0.39, 0.29) is 23.7 Å². The molecule has 0 unspecified atom stereocenters. The van der Waals surface area contributed by atoms with Gasteiger partial charge in [-0.3, -0.25) is 15.0 Å². The van der Waals surface area contributed by atoms with Crippen LogP contribution in [0.3, 0.4) is 0 Å². The Hall–Kier alpha value is -1.60. The summed E-state index contributed by atoms with van der Waals surface area (Å²) in [6.07, 6.45) is -0.285. The summed E-state index contributed by atoms with van der Waals surface area (Å²) in [5.41, 5.74) is 0.0863. The molecule has 2 aliphatic rings. The Balaban J connectivity index is 1.93. The first-order valence-electron chi connectivity index (χ1n) is 6.98. The molecule has 1 atom stereocenters. The molecule has 0 spiro atoms. The van der Waals surface area contributed by atoms with Gasteiger partial charge in [-0.1, -0.05) is 6.07 Å². The highest BCUT2D eigenvalue weighted by molar-refractivity contribution is 5.46. The maximum Gasteiger partial charge on any atom is 0.275 e. The van der Waals surface area contributed by atoms with Gasteiger partial charge in [0.1, 0.15) is 0 Å². The second kappa shape index (κ2) is 4.99. The van der Waals surface area contributed by atoms with Crippen LogP contribution in [-0.2, 0) is 5.92 Å². The fraction of sp³-hybridized carbons (Fsp3) is 0.571. The Kier molecular flexibility index (Phi) is 3.41. The van der Waals surface area contributed by atoms with E-state index in [0.29, 0.717) is 5.56 Å². The van der Waals surface area contributed by atoms with Crippen LogP contribution in [0.5, 0.6) is 0 Å². The Morgan fingerprint density at radius 3 is 2.57 bits per heavy atom. The number of likely N-dealkylation sites (N-methyl/N-ethyl adjacent to an activating group) is 1. The van der Waals surface area contributed by atoms with Gasteiger partial charge in [0.25, 0.3) is 11.6 Å². The molecule has 1 saturated heterocycles. The quantitative estimate of drug-likeness (QED) is 0.621. The summed E-state index contributed by atoms with van der Waals surface area (Å²) in [4.78, 5) is 14.4. The first-order valence-corrected chi connectivity index (χ1v) is 6.98. The largest absolute Gasteiger partial charge is 0.304 e. The highest BCUT2D eigenvalue weighted by Crippen LogP contribution is 2.50. The summed E-state index contributed by atoms with van der Waals surface area (Å²) in [5.74, 6) is -2.99. The first kappa shape index (κ1) is 14.3. The van der Waals surface area contributed by atoms with E-state index >= 15 is 0 Å². The van der Waals surface area contributed by atoms with Crippen LogP contribution in [0.2, 0.25) is 0 Å². The third kappa shape index (κ3) is 2.51. The van der Waals surface area contributed by atoms with Crippen molar-refractivity contribution in [1.82, 2.24) is 9.80 Å². The molecule has 0 amide bonds. The number of nitro benzene ring substituents is 1. The lowest BCUT2D eigenvalue weighted by Gasteiger charge is -2.36. The van der Waals surface area contributed by atoms with Gasteiger partial charge in [-0.2, -0.15) is 0 Å². The molecule has 21 heavy (non-hydrogen) atoms. The van der Waals surface area contributed by atoms with Crippen molar-refractivity contribution in [3.8, 4) is 0 Å². The number of fused-ring (bicyclic) bond motifs is 1. The van der Waals surface area contributed by atoms with E-state index in [4.69, 9.17) is 0 Å². The van der Waals surface area contributed by atoms with Gasteiger partial charge < -0.3 is 4.90 Å². The number of hydrogen-bond donors (Lipinski definition) is 0. The molecule has 7 heteroatoms. The Morgan fingerprint density at radius 2 is 1.95 bits per heavy atom. The molecular weight excluding hydrogens is 280 g/mol. The van der Waals surface area contributed by atoms with Gasteiger partial charge in [-0.25, -0.2) is 8.78 Å². The number of nitrogens with zero attached hydrogens (tertiary/aromatic N) is 3. The zero-order chi connectivity index (χ0) is 15.2. The molecule has 0 bridgehead atoms. The zero-order valence-electron chi connectivity index (χ0n) is 11.8. The van der Waals surface area contributed by atoms with Gasteiger partial charge >= 0.3 is 0 Å². The van der Waals surface area contributed by atoms with E-state index in [1.54, 1.807) is 0 Å². The van der Waals surface area contributed by atoms with E-state index < -0.39 is 10.8 Å². The van der Waals surface area contributed by atoms with Crippen LogP contribution in [-0.4, -0.2) is 47.9 Å². The molecule has 3 rings (SSSR count). The minimum atomic E-state index is -2.99. The first-order chi connectivity index (χ1) is 9.88. The molecule has 0 aromatic heterocycles. The van der Waals surface area contributed by atoms with E-state index in [2.05, 4.69) is 9.80 Å². The average molecular weight is 297 g/mol. The maximum absolute atomic E-state index is 14.2. The molecule has 1 aromatic rings. The normalized spacial score (nSPS) is 25.8. The van der Waals surface area contributed by atoms with Crippen LogP contribution in [0.4, 0.5) is 14.5 Å². The van der Waals surface area contributed by atoms with Crippen molar-refractivity contribution in [1.29, 1.82) is 0 Å². The summed E-state index contributed by atoms with van der Waals surface area (Å²) in [7, 11) is 2.01. The molecule has 5 nitrogen and oxygen atoms in total. The summed E-state index contributed by atoms with van der Waals surface area (Å²) < 4.78 is 28.4. The monoisotopic (exact) mass is 297 g/mol. The molecule has 1 aliphatic heterocycles. The van der Waals surface area contributed by atoms with Crippen molar-refractivity contribution in [2.24, 2.45) is 0 Å². The average Bonchev–Trinajstić information content (AvgIpc) is 2.71. The van der Waals surface area contributed by atoms with Crippen LogP contribution in [0.1, 0.15) is 23.6 Å². The molecule has 0 N–H and O–H groups in total. The van der Waals surface area contributed by atoms with Gasteiger partial charge in [0, 0.05) is 56.3 Å². The predicted octanol–water partition coefficient (Wildman–Crippen LogP) is 2.38. The minimum Gasteiger partial charge on any atom is -0.304 e. The van der Waals surface area contributed by atoms with Crippen LogP contribution in [0.25, 0.3) is 0 Å². The van der Waals surface area contributed by atoms with Crippen molar-refractivity contribution in [2.75, 3.05) is 33.2 Å². The Morgan fingerprint density at radius 1 is 1.29 bits per heavy atom. The highest BCUT2D eigenvalue weighted by Gasteiger charge is 2.47. The lowest BCUT2D eigenvalue weighted by molar-refractivity contribution is -0.385. The number of hydrogen-bond acceptors (Lipinski definition) is 4. The standard InChI is InChI=1S/C14H17F2N3O2/c1-17-4-6-18(7-5-17)13-9-14(15,16)12-8-10(19(20)21)2-3-11(12)13/h2-3,8,13H,4-7,9H2,1H3/t13-/m0/s1. The number of rotatable bonds is 2. The molecule has 114 valence electrons. The fourth-order valence-electron chi connectivity index (χ4n) is 3.19. The van der Waals surface area contributed by atoms with Crippen LogP contribution in [0, 0.1) is 10.1 Å². The molecule has 1 fully saturated rings. The van der Waals surface area contributed by atoms with E-state index in [1.807, 2.05) is 7.05 Å². The molecule has 1 aromatic carbocycles. The maximum atomic E-state index is 14.2. The second-order valence-electron chi connectivity index (χ2n) is 5.79. The van der Waals surface area contributed by atoms with Gasteiger partial charge in [0.15, 0.2) is 0 Å². The fourth-order valence-corrected chi connectivity index (χ4v) is 3.19. The van der Waals surface area contributed by atoms with Crippen molar-refractivity contribution < 1.29 is 13.7 Å². The Labute approximate surface area is 121 Å². The van der Waals surface area contributed by atoms with Gasteiger partial charge in [0.2, 0.25) is 0 Å². The predicted molar refractivity (Wildman–Crippen MR) is 73.4 cm³/mol. The number of non-ortho nitro benzene ring substituents is 1. The van der Waals surface area contributed by atoms with Crippen molar-refractivity contribution in [3.05, 3.63) is 39.4 Å². The van der Waals surface area contributed by atoms with Crippen LogP contribution < -0.4 is 0 Å². The molecular formula is C14H17F2N3O2. The number of benzene rings is 1. The van der Waals surface area contributed by atoms with Gasteiger partial charge in [-0.15, -0.1) is 0 Å². The van der Waals surface area contributed by atoms with Crippen molar-refractivity contribution in [3.63, 3.8) is 0 Å². The highest BCUT2D eigenvalue weighted by atomic mass is 19.3. The molecule has 1 aliphatic carbocycles. The Bertz CT molecular complexity index is 571. The van der Waals surface area contributed by atoms with Crippen molar-refractivity contribution in [2.45, 2.75) is 18.4 Å². The van der Waals surface area contributed by atoms with Gasteiger partial charge in [0.05, 0.1) is 4.92 Å². The lowest BCUT2D eigenvalue weighted by atomic mass is 10.1. The van der Waals surface area contributed by atoms with Crippen LogP contribution in [0.15, 0.2) is 18.2 Å². The second-order valence-corrected chi connectivity index (χ2v) is 5.79. The third-order valence-electron chi connectivity index (χ3n) is 4.43. The molecule has 1 heterocycles. The van der Waals surface area contributed by atoms with E-state index in [1.165, 1.54) is 12.1 Å². The molecule has 0 radical (unpaired) electrons. The number of piperazine rings is 1. The summed E-state index contributed by atoms with van der Waals surface area (Å²) >= 11 is 0. The summed E-state index contributed by atoms with van der Waals surface area (Å²) in [6, 6.07) is 3.51. The zero-order valence-corrected chi connectivity index (χ0v) is 11.8. The smallest absolute Gasteiger partial charge is 0.275 e. The number of nitro groups is 1. The van der Waals surface area contributed by atoms with E-state index in [9.17, 15) is 18.9 Å². The molecule has 0 saturated carbocycles. The van der Waals surface area contributed by atoms with E-state index in [0.717, 1.165) is 32.2 Å². The lowest BCUT2D eigenvalue weighted by Crippen LogP contribution is -2.45. The van der Waals surface area contributed by atoms with Gasteiger partial charge in [-0.05, 0) is 12.6 Å². The SMILES string of the molecule is CN1CCN([C@H]2CC(F)(F)c3cc([N+](=O)[O-])ccc32)CC1. The number of alkyl halides is 2. The van der Waals surface area contributed by atoms with Crippen LogP contribution >= 0.6 is 0 Å². The van der Waals surface area contributed by atoms with Crippen molar-refractivity contribution >= 4 is 5.69 Å². The third-order valence-corrected chi connectivity index (χ3v) is 4.43. The summed E-state index contributed by atoms with van der Waals surface area (Å²) in [5, 5.41) is 10.8. The topological polar surface area (TPSA) is 49.6 Å². The number of halogens is 2. The minimum absolute atomic E-state index is 0.180. The summed E-state index contributed by atoms with van der Waals surface area (Å²) in [6.45, 7) is 3.19.